The quantitative estimate of drug-likeness (QED) is 0.830. The highest BCUT2D eigenvalue weighted by Crippen LogP contribution is 2.32. The summed E-state index contributed by atoms with van der Waals surface area (Å²) in [5, 5.41) is 0. The third kappa shape index (κ3) is 4.26. The van der Waals surface area contributed by atoms with E-state index < -0.39 is 0 Å². The first kappa shape index (κ1) is 17.6. The molecule has 1 heterocycles. The van der Waals surface area contributed by atoms with Gasteiger partial charge in [0.05, 0.1) is 6.04 Å². The van der Waals surface area contributed by atoms with Crippen LogP contribution in [0.4, 0.5) is 4.39 Å². The summed E-state index contributed by atoms with van der Waals surface area (Å²) in [4.78, 5) is 16.9. The molecule has 4 heteroatoms. The monoisotopic (exact) mass is 340 g/mol. The Kier molecular flexibility index (Phi) is 5.49. The van der Waals surface area contributed by atoms with Gasteiger partial charge in [-0.25, -0.2) is 4.39 Å². The van der Waals surface area contributed by atoms with Crippen LogP contribution in [0.1, 0.15) is 46.8 Å². The zero-order valence-corrected chi connectivity index (χ0v) is 14.9. The number of nitrogens with zero attached hydrogens (tertiary/aromatic N) is 2. The van der Waals surface area contributed by atoms with Gasteiger partial charge < -0.3 is 9.80 Å². The van der Waals surface area contributed by atoms with E-state index in [1.807, 2.05) is 4.90 Å². The number of piperidine rings is 1. The summed E-state index contributed by atoms with van der Waals surface area (Å²) in [6, 6.07) is 14.6. The summed E-state index contributed by atoms with van der Waals surface area (Å²) in [7, 11) is 4.10. The molecular weight excluding hydrogens is 315 g/mol. The van der Waals surface area contributed by atoms with Crippen molar-refractivity contribution in [1.82, 2.24) is 9.80 Å². The molecule has 1 aliphatic rings. The van der Waals surface area contributed by atoms with Crippen molar-refractivity contribution in [2.45, 2.75) is 31.8 Å². The molecule has 1 fully saturated rings. The van der Waals surface area contributed by atoms with Crippen LogP contribution >= 0.6 is 0 Å². The molecule has 0 spiro atoms. The maximum Gasteiger partial charge on any atom is 0.254 e. The number of halogens is 1. The van der Waals surface area contributed by atoms with Crippen LogP contribution in [0, 0.1) is 5.82 Å². The van der Waals surface area contributed by atoms with E-state index in [0.717, 1.165) is 37.9 Å². The van der Waals surface area contributed by atoms with Crippen molar-refractivity contribution in [3.05, 3.63) is 71.0 Å². The Labute approximate surface area is 149 Å². The average molecular weight is 340 g/mol. The molecule has 3 rings (SSSR count). The molecule has 3 nitrogen and oxygen atoms in total. The van der Waals surface area contributed by atoms with Gasteiger partial charge in [0.2, 0.25) is 0 Å². The number of benzene rings is 2. The van der Waals surface area contributed by atoms with Crippen LogP contribution in [-0.2, 0) is 6.54 Å². The number of hydrogen-bond acceptors (Lipinski definition) is 2. The van der Waals surface area contributed by atoms with Crippen LogP contribution in [0.3, 0.4) is 0 Å². The molecule has 1 unspecified atom stereocenters. The molecule has 0 saturated carbocycles. The van der Waals surface area contributed by atoms with E-state index in [4.69, 9.17) is 0 Å². The van der Waals surface area contributed by atoms with Crippen molar-refractivity contribution in [2.24, 2.45) is 0 Å². The van der Waals surface area contributed by atoms with Gasteiger partial charge in [-0.2, -0.15) is 0 Å². The standard InChI is InChI=1S/C21H25FN2O/c1-23(2)15-16-9-11-17(12-10-16)20-8-3-4-13-24(20)21(25)18-6-5-7-19(22)14-18/h5-7,9-12,14,20H,3-4,8,13,15H2,1-2H3. The van der Waals surface area contributed by atoms with Gasteiger partial charge in [0.25, 0.3) is 5.91 Å². The molecule has 2 aromatic rings. The van der Waals surface area contributed by atoms with Crippen LogP contribution in [-0.4, -0.2) is 36.3 Å². The molecule has 0 N–H and O–H groups in total. The molecule has 25 heavy (non-hydrogen) atoms. The van der Waals surface area contributed by atoms with Gasteiger partial charge in [-0.3, -0.25) is 4.79 Å². The van der Waals surface area contributed by atoms with E-state index in [-0.39, 0.29) is 17.8 Å². The highest BCUT2D eigenvalue weighted by molar-refractivity contribution is 5.94. The molecule has 1 amide bonds. The van der Waals surface area contributed by atoms with E-state index in [0.29, 0.717) is 5.56 Å². The molecule has 1 atom stereocenters. The highest BCUT2D eigenvalue weighted by Gasteiger charge is 2.28. The van der Waals surface area contributed by atoms with Crippen LogP contribution in [0.15, 0.2) is 48.5 Å². The second kappa shape index (κ2) is 7.79. The SMILES string of the molecule is CN(C)Cc1ccc(C2CCCCN2C(=O)c2cccc(F)c2)cc1. The summed E-state index contributed by atoms with van der Waals surface area (Å²) in [5.74, 6) is -0.450. The van der Waals surface area contributed by atoms with Crippen molar-refractivity contribution in [3.63, 3.8) is 0 Å². The van der Waals surface area contributed by atoms with E-state index in [2.05, 4.69) is 43.3 Å². The Balaban J connectivity index is 1.82. The van der Waals surface area contributed by atoms with Crippen molar-refractivity contribution in [3.8, 4) is 0 Å². The zero-order chi connectivity index (χ0) is 17.8. The van der Waals surface area contributed by atoms with Gasteiger partial charge in [0.1, 0.15) is 5.82 Å². The van der Waals surface area contributed by atoms with Crippen LogP contribution in [0.5, 0.6) is 0 Å². The number of rotatable bonds is 4. The largest absolute Gasteiger partial charge is 0.332 e. The van der Waals surface area contributed by atoms with Gasteiger partial charge >= 0.3 is 0 Å². The molecule has 132 valence electrons. The molecule has 0 aromatic heterocycles. The van der Waals surface area contributed by atoms with Gasteiger partial charge in [0.15, 0.2) is 0 Å². The smallest absolute Gasteiger partial charge is 0.254 e. The average Bonchev–Trinajstić information content (AvgIpc) is 2.61. The molecular formula is C21H25FN2O. The molecule has 0 aliphatic carbocycles. The van der Waals surface area contributed by atoms with E-state index in [1.165, 1.54) is 17.7 Å². The Morgan fingerprint density at radius 1 is 1.16 bits per heavy atom. The molecule has 1 aliphatic heterocycles. The third-order valence-electron chi connectivity index (χ3n) is 4.70. The predicted molar refractivity (Wildman–Crippen MR) is 97.9 cm³/mol. The third-order valence-corrected chi connectivity index (χ3v) is 4.70. The van der Waals surface area contributed by atoms with Crippen LogP contribution in [0.25, 0.3) is 0 Å². The highest BCUT2D eigenvalue weighted by atomic mass is 19.1. The van der Waals surface area contributed by atoms with Crippen molar-refractivity contribution in [2.75, 3.05) is 20.6 Å². The topological polar surface area (TPSA) is 23.6 Å². The molecule has 2 aromatic carbocycles. The summed E-state index contributed by atoms with van der Waals surface area (Å²) in [6.07, 6.45) is 3.06. The first-order chi connectivity index (χ1) is 12.0. The minimum Gasteiger partial charge on any atom is -0.332 e. The van der Waals surface area contributed by atoms with Gasteiger partial charge in [-0.1, -0.05) is 30.3 Å². The first-order valence-corrected chi connectivity index (χ1v) is 8.85. The number of likely N-dealkylation sites (tertiary alicyclic amines) is 1. The maximum atomic E-state index is 13.5. The Hall–Kier alpha value is -2.20. The number of carbonyl (C=O) groups is 1. The van der Waals surface area contributed by atoms with E-state index >= 15 is 0 Å². The van der Waals surface area contributed by atoms with Gasteiger partial charge in [-0.15, -0.1) is 0 Å². The molecule has 0 radical (unpaired) electrons. The number of carbonyl (C=O) groups excluding carboxylic acids is 1. The second-order valence-corrected chi connectivity index (χ2v) is 7.00. The number of hydrogen-bond donors (Lipinski definition) is 0. The van der Waals surface area contributed by atoms with Crippen LogP contribution in [0.2, 0.25) is 0 Å². The lowest BCUT2D eigenvalue weighted by Crippen LogP contribution is -2.38. The minimum absolute atomic E-state index is 0.0675. The predicted octanol–water partition coefficient (Wildman–Crippen LogP) is 4.25. The molecule has 0 bridgehead atoms. The first-order valence-electron chi connectivity index (χ1n) is 8.85. The normalized spacial score (nSPS) is 17.8. The summed E-state index contributed by atoms with van der Waals surface area (Å²) in [5.41, 5.74) is 2.84. The lowest BCUT2D eigenvalue weighted by atomic mass is 9.93. The van der Waals surface area contributed by atoms with Crippen molar-refractivity contribution in [1.29, 1.82) is 0 Å². The lowest BCUT2D eigenvalue weighted by molar-refractivity contribution is 0.0611. The van der Waals surface area contributed by atoms with Gasteiger partial charge in [0, 0.05) is 18.7 Å². The fourth-order valence-electron chi connectivity index (χ4n) is 3.52. The van der Waals surface area contributed by atoms with Gasteiger partial charge in [-0.05, 0) is 62.7 Å². The Bertz CT molecular complexity index is 727. The Morgan fingerprint density at radius 2 is 1.92 bits per heavy atom. The lowest BCUT2D eigenvalue weighted by Gasteiger charge is -2.36. The fourth-order valence-corrected chi connectivity index (χ4v) is 3.52. The van der Waals surface area contributed by atoms with E-state index in [9.17, 15) is 9.18 Å². The van der Waals surface area contributed by atoms with Crippen molar-refractivity contribution < 1.29 is 9.18 Å². The van der Waals surface area contributed by atoms with Crippen molar-refractivity contribution >= 4 is 5.91 Å². The zero-order valence-electron chi connectivity index (χ0n) is 14.9. The number of amides is 1. The second-order valence-electron chi connectivity index (χ2n) is 7.00. The summed E-state index contributed by atoms with van der Waals surface area (Å²) >= 11 is 0. The summed E-state index contributed by atoms with van der Waals surface area (Å²) in [6.45, 7) is 1.62. The maximum absolute atomic E-state index is 13.5. The molecule has 1 saturated heterocycles. The van der Waals surface area contributed by atoms with Crippen LogP contribution < -0.4 is 0 Å². The summed E-state index contributed by atoms with van der Waals surface area (Å²) < 4.78 is 13.5. The van der Waals surface area contributed by atoms with E-state index in [1.54, 1.807) is 12.1 Å². The Morgan fingerprint density at radius 3 is 2.60 bits per heavy atom. The fraction of sp³-hybridized carbons (Fsp3) is 0.381. The minimum atomic E-state index is -0.368.